The van der Waals surface area contributed by atoms with Gasteiger partial charge in [-0.1, -0.05) is 6.07 Å². The minimum absolute atomic E-state index is 0.122. The number of carbonyl (C=O) groups is 2. The maximum atomic E-state index is 12.8. The Kier molecular flexibility index (Phi) is 6.45. The van der Waals surface area contributed by atoms with E-state index in [-0.39, 0.29) is 23.3 Å². The number of hydrogen-bond donors (Lipinski definition) is 1. The number of ether oxygens (including phenoxy) is 2. The van der Waals surface area contributed by atoms with Gasteiger partial charge in [-0.3, -0.25) is 14.6 Å². The third-order valence-electron chi connectivity index (χ3n) is 6.60. The molecular formula is C22H31N3O4. The molecule has 3 fully saturated rings. The SMILES string of the molecule is O=C(NCC1CCOC2(CCN(C(=O)C3CCOCC3)CC2)C1)c1ccccn1. The van der Waals surface area contributed by atoms with Crippen LogP contribution in [0.3, 0.4) is 0 Å². The summed E-state index contributed by atoms with van der Waals surface area (Å²) in [5.74, 6) is 0.690. The van der Waals surface area contributed by atoms with Crippen LogP contribution < -0.4 is 5.32 Å². The Morgan fingerprint density at radius 2 is 1.93 bits per heavy atom. The van der Waals surface area contributed by atoms with Gasteiger partial charge < -0.3 is 19.7 Å². The van der Waals surface area contributed by atoms with E-state index in [4.69, 9.17) is 9.47 Å². The highest BCUT2D eigenvalue weighted by molar-refractivity contribution is 5.92. The van der Waals surface area contributed by atoms with Crippen molar-refractivity contribution in [3.05, 3.63) is 30.1 Å². The summed E-state index contributed by atoms with van der Waals surface area (Å²) < 4.78 is 11.6. The number of aromatic nitrogens is 1. The molecular weight excluding hydrogens is 370 g/mol. The van der Waals surface area contributed by atoms with Crippen LogP contribution in [-0.2, 0) is 14.3 Å². The second kappa shape index (κ2) is 9.22. The number of hydrogen-bond acceptors (Lipinski definition) is 5. The minimum Gasteiger partial charge on any atom is -0.381 e. The largest absolute Gasteiger partial charge is 0.381 e. The average Bonchev–Trinajstić information content (AvgIpc) is 2.79. The summed E-state index contributed by atoms with van der Waals surface area (Å²) in [6.07, 6.45) is 6.97. The van der Waals surface area contributed by atoms with Crippen molar-refractivity contribution in [2.24, 2.45) is 11.8 Å². The lowest BCUT2D eigenvalue weighted by Crippen LogP contribution is -2.53. The number of piperidine rings is 1. The maximum Gasteiger partial charge on any atom is 0.269 e. The maximum absolute atomic E-state index is 12.8. The van der Waals surface area contributed by atoms with Crippen LogP contribution in [0.4, 0.5) is 0 Å². The van der Waals surface area contributed by atoms with Crippen molar-refractivity contribution in [3.63, 3.8) is 0 Å². The van der Waals surface area contributed by atoms with E-state index in [0.29, 0.717) is 31.4 Å². The lowest BCUT2D eigenvalue weighted by atomic mass is 9.79. The van der Waals surface area contributed by atoms with Gasteiger partial charge in [-0.15, -0.1) is 0 Å². The number of pyridine rings is 1. The molecule has 158 valence electrons. The second-order valence-electron chi connectivity index (χ2n) is 8.53. The van der Waals surface area contributed by atoms with E-state index in [1.807, 2.05) is 11.0 Å². The predicted octanol–water partition coefficient (Wildman–Crippen LogP) is 2.03. The molecule has 1 atom stereocenters. The van der Waals surface area contributed by atoms with Crippen molar-refractivity contribution < 1.29 is 19.1 Å². The van der Waals surface area contributed by atoms with Gasteiger partial charge in [-0.05, 0) is 56.6 Å². The molecule has 0 aliphatic carbocycles. The molecule has 29 heavy (non-hydrogen) atoms. The van der Waals surface area contributed by atoms with E-state index < -0.39 is 0 Å². The lowest BCUT2D eigenvalue weighted by molar-refractivity contribution is -0.152. The smallest absolute Gasteiger partial charge is 0.269 e. The van der Waals surface area contributed by atoms with E-state index in [1.54, 1.807) is 18.3 Å². The summed E-state index contributed by atoms with van der Waals surface area (Å²) in [6, 6.07) is 5.35. The van der Waals surface area contributed by atoms with E-state index in [9.17, 15) is 9.59 Å². The topological polar surface area (TPSA) is 80.8 Å². The van der Waals surface area contributed by atoms with E-state index >= 15 is 0 Å². The Morgan fingerprint density at radius 3 is 2.66 bits per heavy atom. The van der Waals surface area contributed by atoms with E-state index in [2.05, 4.69) is 10.3 Å². The van der Waals surface area contributed by atoms with Gasteiger partial charge in [0, 0.05) is 51.6 Å². The molecule has 1 unspecified atom stereocenters. The fraction of sp³-hybridized carbons (Fsp3) is 0.682. The van der Waals surface area contributed by atoms with Crippen molar-refractivity contribution in [2.75, 3.05) is 39.5 Å². The van der Waals surface area contributed by atoms with Gasteiger partial charge in [0.25, 0.3) is 5.91 Å². The molecule has 0 radical (unpaired) electrons. The van der Waals surface area contributed by atoms with Gasteiger partial charge in [-0.25, -0.2) is 0 Å². The normalized spacial score (nSPS) is 25.0. The summed E-state index contributed by atoms with van der Waals surface area (Å²) in [5, 5.41) is 3.03. The average molecular weight is 402 g/mol. The standard InChI is InChI=1S/C22H31N3O4/c26-20(19-3-1-2-9-23-19)24-16-17-4-14-29-22(15-17)7-10-25(11-8-22)21(27)18-5-12-28-13-6-18/h1-3,9,17-18H,4-8,10-16H2,(H,24,26). The Bertz CT molecular complexity index is 697. The van der Waals surface area contributed by atoms with Crippen LogP contribution >= 0.6 is 0 Å². The van der Waals surface area contributed by atoms with Crippen molar-refractivity contribution in [1.29, 1.82) is 0 Å². The zero-order valence-corrected chi connectivity index (χ0v) is 17.0. The Balaban J connectivity index is 1.26. The molecule has 7 nitrogen and oxygen atoms in total. The first kappa shape index (κ1) is 20.3. The summed E-state index contributed by atoms with van der Waals surface area (Å²) in [6.45, 7) is 4.29. The van der Waals surface area contributed by atoms with Crippen molar-refractivity contribution in [3.8, 4) is 0 Å². The lowest BCUT2D eigenvalue weighted by Gasteiger charge is -2.46. The number of likely N-dealkylation sites (tertiary alicyclic amines) is 1. The highest BCUT2D eigenvalue weighted by atomic mass is 16.5. The van der Waals surface area contributed by atoms with Gasteiger partial charge in [-0.2, -0.15) is 0 Å². The molecule has 0 bridgehead atoms. The molecule has 3 aliphatic heterocycles. The Morgan fingerprint density at radius 1 is 1.14 bits per heavy atom. The first-order valence-electron chi connectivity index (χ1n) is 10.8. The van der Waals surface area contributed by atoms with Crippen LogP contribution in [0.1, 0.15) is 49.0 Å². The quantitative estimate of drug-likeness (QED) is 0.835. The number of nitrogens with one attached hydrogen (secondary N) is 1. The Hall–Kier alpha value is -1.99. The number of rotatable bonds is 4. The van der Waals surface area contributed by atoms with Gasteiger partial charge in [0.05, 0.1) is 5.60 Å². The van der Waals surface area contributed by atoms with Crippen molar-refractivity contribution >= 4 is 11.8 Å². The molecule has 1 spiro atoms. The van der Waals surface area contributed by atoms with Crippen LogP contribution in [0, 0.1) is 11.8 Å². The first-order chi connectivity index (χ1) is 14.2. The van der Waals surface area contributed by atoms with Crippen LogP contribution in [0.5, 0.6) is 0 Å². The highest BCUT2D eigenvalue weighted by Gasteiger charge is 2.42. The molecule has 0 saturated carbocycles. The molecule has 4 rings (SSSR count). The summed E-state index contributed by atoms with van der Waals surface area (Å²) in [5.41, 5.74) is 0.305. The first-order valence-corrected chi connectivity index (χ1v) is 10.8. The molecule has 3 aliphatic rings. The zero-order valence-electron chi connectivity index (χ0n) is 17.0. The Labute approximate surface area is 172 Å². The number of nitrogens with zero attached hydrogens (tertiary/aromatic N) is 2. The predicted molar refractivity (Wildman–Crippen MR) is 107 cm³/mol. The molecule has 7 heteroatoms. The third-order valence-corrected chi connectivity index (χ3v) is 6.60. The molecule has 4 heterocycles. The highest BCUT2D eigenvalue weighted by Crippen LogP contribution is 2.38. The van der Waals surface area contributed by atoms with Crippen LogP contribution in [0.15, 0.2) is 24.4 Å². The monoisotopic (exact) mass is 401 g/mol. The van der Waals surface area contributed by atoms with Crippen molar-refractivity contribution in [1.82, 2.24) is 15.2 Å². The second-order valence-corrected chi connectivity index (χ2v) is 8.53. The van der Waals surface area contributed by atoms with Crippen LogP contribution in [0.25, 0.3) is 0 Å². The number of amides is 2. The van der Waals surface area contributed by atoms with Crippen LogP contribution in [-0.4, -0.2) is 66.8 Å². The van der Waals surface area contributed by atoms with Gasteiger partial charge in [0.1, 0.15) is 5.69 Å². The van der Waals surface area contributed by atoms with Gasteiger partial charge in [0.2, 0.25) is 5.91 Å². The summed E-state index contributed by atoms with van der Waals surface area (Å²) in [7, 11) is 0. The molecule has 1 aromatic rings. The summed E-state index contributed by atoms with van der Waals surface area (Å²) >= 11 is 0. The number of carbonyl (C=O) groups excluding carboxylic acids is 2. The fourth-order valence-electron chi connectivity index (χ4n) is 4.81. The minimum atomic E-state index is -0.148. The van der Waals surface area contributed by atoms with Gasteiger partial charge in [0.15, 0.2) is 0 Å². The molecule has 1 aromatic heterocycles. The fourth-order valence-corrected chi connectivity index (χ4v) is 4.81. The molecule has 1 N–H and O–H groups in total. The third kappa shape index (κ3) is 4.95. The van der Waals surface area contributed by atoms with Crippen LogP contribution in [0.2, 0.25) is 0 Å². The molecule has 2 amide bonds. The summed E-state index contributed by atoms with van der Waals surface area (Å²) in [4.78, 5) is 31.2. The zero-order chi connectivity index (χ0) is 20.1. The van der Waals surface area contributed by atoms with E-state index in [1.165, 1.54) is 0 Å². The van der Waals surface area contributed by atoms with Crippen molar-refractivity contribution in [2.45, 2.75) is 44.1 Å². The van der Waals surface area contributed by atoms with Gasteiger partial charge >= 0.3 is 0 Å². The van der Waals surface area contributed by atoms with E-state index in [0.717, 1.165) is 58.2 Å². The molecule has 3 saturated heterocycles. The molecule has 0 aromatic carbocycles.